The van der Waals surface area contributed by atoms with Crippen LogP contribution in [0.5, 0.6) is 0 Å². The topological polar surface area (TPSA) is 0 Å². The second-order valence-electron chi connectivity index (χ2n) is 16.6. The molecule has 1 aliphatic rings. The van der Waals surface area contributed by atoms with Gasteiger partial charge in [0.2, 0.25) is 0 Å². The van der Waals surface area contributed by atoms with Crippen LogP contribution in [0, 0.1) is 19.8 Å². The summed E-state index contributed by atoms with van der Waals surface area (Å²) in [6, 6.07) is 57.2. The van der Waals surface area contributed by atoms with E-state index in [0.29, 0.717) is 11.8 Å². The largest absolute Gasteiger partial charge is 0.103 e. The highest BCUT2D eigenvalue weighted by molar-refractivity contribution is 5.86. The van der Waals surface area contributed by atoms with Gasteiger partial charge in [-0.15, -0.1) is 6.58 Å². The van der Waals surface area contributed by atoms with Crippen molar-refractivity contribution in [3.05, 3.63) is 228 Å². The normalized spacial score (nSPS) is 13.0. The number of hydrogen-bond donors (Lipinski definition) is 0. The lowest BCUT2D eigenvalue weighted by atomic mass is 9.83. The summed E-state index contributed by atoms with van der Waals surface area (Å²) in [4.78, 5) is 0. The van der Waals surface area contributed by atoms with E-state index in [4.69, 9.17) is 0 Å². The molecule has 0 bridgehead atoms. The van der Waals surface area contributed by atoms with Crippen molar-refractivity contribution in [1.82, 2.24) is 0 Å². The smallest absolute Gasteiger partial charge is 0.00196 e. The molecule has 1 aliphatic carbocycles. The van der Waals surface area contributed by atoms with Crippen LogP contribution in [0.1, 0.15) is 126 Å². The van der Waals surface area contributed by atoms with E-state index in [0.717, 1.165) is 12.3 Å². The fourth-order valence-electron chi connectivity index (χ4n) is 7.61. The zero-order chi connectivity index (χ0) is 44.7. The summed E-state index contributed by atoms with van der Waals surface area (Å²) in [6.07, 6.45) is 16.2. The van der Waals surface area contributed by atoms with Gasteiger partial charge in [0.25, 0.3) is 0 Å². The molecule has 0 aliphatic heterocycles. The van der Waals surface area contributed by atoms with Crippen molar-refractivity contribution in [3.8, 4) is 11.1 Å². The minimum atomic E-state index is 0.472. The fraction of sp³-hybridized carbons (Fsp3) is 0.290. The van der Waals surface area contributed by atoms with E-state index in [1.165, 1.54) is 104 Å². The molecular weight excluding hydrogens is 745 g/mol. The van der Waals surface area contributed by atoms with E-state index in [-0.39, 0.29) is 0 Å². The van der Waals surface area contributed by atoms with Crippen molar-refractivity contribution in [2.45, 2.75) is 113 Å². The zero-order valence-electron chi connectivity index (χ0n) is 39.5. The molecule has 0 heterocycles. The van der Waals surface area contributed by atoms with Gasteiger partial charge in [-0.3, -0.25) is 0 Å². The SMILES string of the molecule is C/C=C\C(C)=C/C.C=CCCCC1CC1.CC.Cc1ccc(C(C)C(C)c2ccc(-c3ccc(Cc4cccc5ccccc45)cc3)cc2)cc1.Cc1cccc2ccccc12. The van der Waals surface area contributed by atoms with Crippen LogP contribution in [0.4, 0.5) is 0 Å². The van der Waals surface area contributed by atoms with Crippen molar-refractivity contribution >= 4 is 21.5 Å². The van der Waals surface area contributed by atoms with Gasteiger partial charge in [-0.05, 0) is 132 Å². The molecule has 7 aromatic carbocycles. The lowest BCUT2D eigenvalue weighted by Gasteiger charge is -2.21. The molecule has 0 radical (unpaired) electrons. The summed E-state index contributed by atoms with van der Waals surface area (Å²) >= 11 is 0. The number of benzene rings is 7. The molecule has 1 fully saturated rings. The van der Waals surface area contributed by atoms with Gasteiger partial charge in [0.05, 0.1) is 0 Å². The molecule has 0 heteroatoms. The zero-order valence-corrected chi connectivity index (χ0v) is 39.5. The van der Waals surface area contributed by atoms with E-state index in [2.05, 4.69) is 211 Å². The Morgan fingerprint density at radius 1 is 0.613 bits per heavy atom. The molecule has 2 unspecified atom stereocenters. The van der Waals surface area contributed by atoms with Crippen LogP contribution in [0.25, 0.3) is 32.7 Å². The molecule has 0 nitrogen and oxygen atoms in total. The van der Waals surface area contributed by atoms with Crippen LogP contribution in [0.15, 0.2) is 194 Å². The highest BCUT2D eigenvalue weighted by Gasteiger charge is 2.19. The Balaban J connectivity index is 0.000000243. The van der Waals surface area contributed by atoms with Crippen molar-refractivity contribution in [2.24, 2.45) is 5.92 Å². The first kappa shape index (κ1) is 48.9. The molecule has 0 amide bonds. The summed E-state index contributed by atoms with van der Waals surface area (Å²) in [7, 11) is 0. The van der Waals surface area contributed by atoms with Crippen LogP contribution < -0.4 is 0 Å². The quantitative estimate of drug-likeness (QED) is 0.0693. The maximum Gasteiger partial charge on any atom is -0.00196 e. The predicted octanol–water partition coefficient (Wildman–Crippen LogP) is 18.8. The summed E-state index contributed by atoms with van der Waals surface area (Å²) in [6.45, 7) is 22.8. The Bertz CT molecular complexity index is 2390. The lowest BCUT2D eigenvalue weighted by molar-refractivity contribution is 0.623. The van der Waals surface area contributed by atoms with Crippen LogP contribution in [-0.4, -0.2) is 0 Å². The van der Waals surface area contributed by atoms with Gasteiger partial charge in [0.15, 0.2) is 0 Å². The second kappa shape index (κ2) is 26.6. The first-order chi connectivity index (χ1) is 30.2. The Hall–Kier alpha value is -5.72. The molecule has 322 valence electrons. The number of aryl methyl sites for hydroxylation is 2. The van der Waals surface area contributed by atoms with Crippen LogP contribution in [0.3, 0.4) is 0 Å². The van der Waals surface area contributed by atoms with Crippen LogP contribution in [-0.2, 0) is 6.42 Å². The Kier molecular flexibility index (Phi) is 21.0. The molecular formula is C62H74. The van der Waals surface area contributed by atoms with E-state index >= 15 is 0 Å². The monoisotopic (exact) mass is 819 g/mol. The molecule has 0 saturated heterocycles. The molecule has 0 aromatic heterocycles. The summed E-state index contributed by atoms with van der Waals surface area (Å²) < 4.78 is 0. The first-order valence-electron chi connectivity index (χ1n) is 23.2. The summed E-state index contributed by atoms with van der Waals surface area (Å²) in [5.41, 5.74) is 12.1. The van der Waals surface area contributed by atoms with Gasteiger partial charge < -0.3 is 0 Å². The number of unbranched alkanes of at least 4 members (excludes halogenated alkanes) is 1. The molecule has 2 atom stereocenters. The standard InChI is InChI=1S/C34H32.C11H10.C8H14.C7H12.C2H6/c1-24-11-15-28(16-12-24)25(2)26(3)29-19-21-31(22-20-29)30-17-13-27(14-18-30)23-33-9-6-8-32-7-4-5-10-34(32)33;1-9-5-4-7-10-6-2-3-8-11(9)10;1-2-3-4-5-8-6-7-8;1-4-6-7(3)5-2;1-2/h4-22,25-26H,23H2,1-3H3;2-8H,1H3;2,8H,1,3-7H2;4-6H,1-3H3;1-2H3/b;;;6-4-,7-5-;. The molecule has 7 aromatic rings. The molecule has 0 N–H and O–H groups in total. The van der Waals surface area contributed by atoms with Crippen LogP contribution in [0.2, 0.25) is 0 Å². The number of rotatable bonds is 11. The van der Waals surface area contributed by atoms with E-state index in [9.17, 15) is 0 Å². The maximum atomic E-state index is 3.68. The Morgan fingerprint density at radius 2 is 1.11 bits per heavy atom. The van der Waals surface area contributed by atoms with Crippen molar-refractivity contribution in [3.63, 3.8) is 0 Å². The minimum absolute atomic E-state index is 0.472. The highest BCUT2D eigenvalue weighted by Crippen LogP contribution is 2.35. The first-order valence-corrected chi connectivity index (χ1v) is 23.2. The molecule has 8 rings (SSSR count). The van der Waals surface area contributed by atoms with Gasteiger partial charge in [0, 0.05) is 0 Å². The number of allylic oxidation sites excluding steroid dienone is 5. The van der Waals surface area contributed by atoms with Crippen LogP contribution >= 0.6 is 0 Å². The Morgan fingerprint density at radius 3 is 1.63 bits per heavy atom. The summed E-state index contributed by atoms with van der Waals surface area (Å²) in [5.74, 6) is 2.06. The van der Waals surface area contributed by atoms with Crippen molar-refractivity contribution < 1.29 is 0 Å². The van der Waals surface area contributed by atoms with E-state index in [1.807, 2.05) is 39.8 Å². The number of fused-ring (bicyclic) bond motifs is 2. The average molecular weight is 819 g/mol. The fourth-order valence-corrected chi connectivity index (χ4v) is 7.61. The maximum absolute atomic E-state index is 3.68. The third kappa shape index (κ3) is 15.6. The predicted molar refractivity (Wildman–Crippen MR) is 278 cm³/mol. The Labute approximate surface area is 377 Å². The molecule has 62 heavy (non-hydrogen) atoms. The minimum Gasteiger partial charge on any atom is -0.103 e. The average Bonchev–Trinajstić information content (AvgIpc) is 4.16. The van der Waals surface area contributed by atoms with E-state index < -0.39 is 0 Å². The second-order valence-corrected chi connectivity index (χ2v) is 16.6. The van der Waals surface area contributed by atoms with E-state index in [1.54, 1.807) is 0 Å². The van der Waals surface area contributed by atoms with Crippen molar-refractivity contribution in [1.29, 1.82) is 0 Å². The van der Waals surface area contributed by atoms with Gasteiger partial charge >= 0.3 is 0 Å². The molecule has 1 saturated carbocycles. The van der Waals surface area contributed by atoms with Gasteiger partial charge in [-0.2, -0.15) is 0 Å². The highest BCUT2D eigenvalue weighted by atomic mass is 14.3. The lowest BCUT2D eigenvalue weighted by Crippen LogP contribution is -2.04. The molecule has 0 spiro atoms. The number of hydrogen-bond acceptors (Lipinski definition) is 0. The van der Waals surface area contributed by atoms with Gasteiger partial charge in [0.1, 0.15) is 0 Å². The third-order valence-electron chi connectivity index (χ3n) is 12.0. The van der Waals surface area contributed by atoms with Gasteiger partial charge in [-0.25, -0.2) is 0 Å². The van der Waals surface area contributed by atoms with Crippen molar-refractivity contribution in [2.75, 3.05) is 0 Å². The summed E-state index contributed by atoms with van der Waals surface area (Å²) in [5, 5.41) is 5.34. The third-order valence-corrected chi connectivity index (χ3v) is 12.0. The van der Waals surface area contributed by atoms with Gasteiger partial charge in [-0.1, -0.05) is 240 Å².